The van der Waals surface area contributed by atoms with Crippen LogP contribution in [-0.2, 0) is 19.0 Å². The summed E-state index contributed by atoms with van der Waals surface area (Å²) in [6.07, 6.45) is 20.6. The molecule has 0 amide bonds. The molecule has 1 saturated heterocycles. The molecule has 1 fully saturated rings. The van der Waals surface area contributed by atoms with Crippen LogP contribution in [0.1, 0.15) is 32.6 Å². The van der Waals surface area contributed by atoms with E-state index in [1.807, 2.05) is 19.3 Å². The maximum absolute atomic E-state index is 12.1. The minimum atomic E-state index is -0.0731. The molecule has 4 aliphatic rings. The molecule has 0 aromatic rings. The van der Waals surface area contributed by atoms with Crippen LogP contribution < -0.4 is 0 Å². The topological polar surface area (TPSA) is 48.0 Å². The molecule has 0 saturated carbocycles. The third-order valence-corrected chi connectivity index (χ3v) is 6.00. The number of rotatable bonds is 5. The Bertz CT molecular complexity index is 830. The zero-order valence-corrected chi connectivity index (χ0v) is 17.7. The van der Waals surface area contributed by atoms with Crippen molar-refractivity contribution in [2.45, 2.75) is 38.7 Å². The number of hydrogen-bond donors (Lipinski definition) is 0. The van der Waals surface area contributed by atoms with Crippen molar-refractivity contribution in [1.29, 1.82) is 0 Å². The third kappa shape index (κ3) is 4.85. The van der Waals surface area contributed by atoms with E-state index in [9.17, 15) is 4.79 Å². The lowest BCUT2D eigenvalue weighted by molar-refractivity contribution is -0.149. The van der Waals surface area contributed by atoms with Gasteiger partial charge in [-0.3, -0.25) is 4.79 Å². The fourth-order valence-corrected chi connectivity index (χ4v) is 4.58. The van der Waals surface area contributed by atoms with Crippen molar-refractivity contribution in [2.75, 3.05) is 33.0 Å². The number of fused-ring (bicyclic) bond motifs is 2. The van der Waals surface area contributed by atoms with Gasteiger partial charge in [-0.1, -0.05) is 42.5 Å². The van der Waals surface area contributed by atoms with Crippen LogP contribution in [0, 0.1) is 5.92 Å². The highest BCUT2D eigenvalue weighted by molar-refractivity contribution is 5.72. The molecular formula is C25H31NO4. The van der Waals surface area contributed by atoms with Crippen molar-refractivity contribution < 1.29 is 19.0 Å². The molecule has 0 aromatic carbocycles. The van der Waals surface area contributed by atoms with Crippen molar-refractivity contribution in [3.05, 3.63) is 71.1 Å². The summed E-state index contributed by atoms with van der Waals surface area (Å²) in [7, 11) is 0. The lowest BCUT2D eigenvalue weighted by Gasteiger charge is -2.31. The Kier molecular flexibility index (Phi) is 7.03. The van der Waals surface area contributed by atoms with Crippen molar-refractivity contribution in [3.63, 3.8) is 0 Å². The molecule has 2 heterocycles. The smallest absolute Gasteiger partial charge is 0.310 e. The zero-order valence-electron chi connectivity index (χ0n) is 17.7. The van der Waals surface area contributed by atoms with Gasteiger partial charge in [-0.2, -0.15) is 0 Å². The lowest BCUT2D eigenvalue weighted by atomic mass is 9.83. The van der Waals surface area contributed by atoms with Gasteiger partial charge in [0.15, 0.2) is 6.79 Å². The van der Waals surface area contributed by atoms with Gasteiger partial charge in [0, 0.05) is 18.7 Å². The van der Waals surface area contributed by atoms with Crippen LogP contribution >= 0.6 is 0 Å². The Hall–Kier alpha value is -2.37. The van der Waals surface area contributed by atoms with Gasteiger partial charge in [-0.05, 0) is 55.9 Å². The number of hydrogen-bond acceptors (Lipinski definition) is 5. The van der Waals surface area contributed by atoms with E-state index < -0.39 is 0 Å². The second-order valence-electron chi connectivity index (χ2n) is 8.04. The summed E-state index contributed by atoms with van der Waals surface area (Å²) in [6.45, 7) is 5.40. The van der Waals surface area contributed by atoms with E-state index in [4.69, 9.17) is 14.2 Å². The van der Waals surface area contributed by atoms with Gasteiger partial charge in [-0.15, -0.1) is 0 Å². The van der Waals surface area contributed by atoms with E-state index in [1.165, 1.54) is 16.7 Å². The summed E-state index contributed by atoms with van der Waals surface area (Å²) < 4.78 is 16.7. The highest BCUT2D eigenvalue weighted by Gasteiger charge is 2.27. The van der Waals surface area contributed by atoms with Gasteiger partial charge < -0.3 is 19.1 Å². The van der Waals surface area contributed by atoms with E-state index in [0.717, 1.165) is 50.9 Å². The van der Waals surface area contributed by atoms with Gasteiger partial charge in [0.2, 0.25) is 0 Å². The molecule has 0 aromatic heterocycles. The van der Waals surface area contributed by atoms with E-state index >= 15 is 0 Å². The molecule has 0 spiro atoms. The average Bonchev–Trinajstić information content (AvgIpc) is 2.76. The fourth-order valence-electron chi connectivity index (χ4n) is 4.58. The molecule has 5 nitrogen and oxygen atoms in total. The van der Waals surface area contributed by atoms with Gasteiger partial charge in [0.25, 0.3) is 0 Å². The molecule has 2 aliphatic carbocycles. The number of ether oxygens (including phenoxy) is 3. The van der Waals surface area contributed by atoms with E-state index in [1.54, 1.807) is 0 Å². The number of carbonyl (C=O) groups excluding carboxylic acids is 1. The molecule has 2 atom stereocenters. The second kappa shape index (κ2) is 10.1. The largest absolute Gasteiger partial charge is 0.474 e. The van der Waals surface area contributed by atoms with Gasteiger partial charge in [-0.25, -0.2) is 0 Å². The Balaban J connectivity index is 1.47. The summed E-state index contributed by atoms with van der Waals surface area (Å²) in [5.74, 6) is -0.0272. The van der Waals surface area contributed by atoms with Crippen LogP contribution in [0.2, 0.25) is 0 Å². The van der Waals surface area contributed by atoms with Crippen LogP contribution in [-0.4, -0.2) is 50.0 Å². The highest BCUT2D eigenvalue weighted by atomic mass is 16.7. The quantitative estimate of drug-likeness (QED) is 0.637. The van der Waals surface area contributed by atoms with Crippen LogP contribution in [0.5, 0.6) is 0 Å². The molecule has 30 heavy (non-hydrogen) atoms. The Labute approximate surface area is 179 Å². The van der Waals surface area contributed by atoms with Crippen LogP contribution in [0.4, 0.5) is 0 Å². The maximum Gasteiger partial charge on any atom is 0.310 e. The van der Waals surface area contributed by atoms with Gasteiger partial charge >= 0.3 is 5.97 Å². The standard InChI is InChI=1S/C25H31NO4/c1-2-29-25(27)20-11-7-15-26(16-20)14-6-10-19-8-5-9-21-17-28-18-30-23-13-4-3-12-22(23)24(19)21/h3-5,9-10,12-13,17,20,23H,2,6-8,11,14-16,18H2,1H3. The molecule has 2 unspecified atom stereocenters. The number of nitrogens with zero attached hydrogens (tertiary/aromatic N) is 1. The number of allylic oxidation sites excluding steroid dienone is 7. The summed E-state index contributed by atoms with van der Waals surface area (Å²) in [6, 6.07) is 0. The SMILES string of the molecule is CCOC(=O)C1CCCN(CCC=C2CC=CC3=COCOC4C=CC=CC4=C32)C1. The first-order valence-electron chi connectivity index (χ1n) is 11.0. The monoisotopic (exact) mass is 409 g/mol. The predicted octanol–water partition coefficient (Wildman–Crippen LogP) is 4.22. The third-order valence-electron chi connectivity index (χ3n) is 6.00. The number of likely N-dealkylation sites (tertiary alicyclic amines) is 1. The minimum absolute atomic E-state index is 0.0169. The Morgan fingerprint density at radius 1 is 1.33 bits per heavy atom. The molecule has 5 heteroatoms. The number of piperidine rings is 1. The first-order chi connectivity index (χ1) is 14.8. The normalized spacial score (nSPS) is 27.6. The van der Waals surface area contributed by atoms with Crippen LogP contribution in [0.25, 0.3) is 0 Å². The Morgan fingerprint density at radius 2 is 2.27 bits per heavy atom. The van der Waals surface area contributed by atoms with E-state index in [0.29, 0.717) is 6.61 Å². The Morgan fingerprint density at radius 3 is 3.17 bits per heavy atom. The van der Waals surface area contributed by atoms with Crippen molar-refractivity contribution in [3.8, 4) is 0 Å². The van der Waals surface area contributed by atoms with Crippen molar-refractivity contribution in [1.82, 2.24) is 4.90 Å². The molecule has 4 rings (SSSR count). The van der Waals surface area contributed by atoms with Crippen molar-refractivity contribution >= 4 is 5.97 Å². The van der Waals surface area contributed by atoms with Crippen LogP contribution in [0.15, 0.2) is 71.1 Å². The zero-order chi connectivity index (χ0) is 20.8. The molecule has 160 valence electrons. The summed E-state index contributed by atoms with van der Waals surface area (Å²) in [5.41, 5.74) is 4.85. The number of esters is 1. The molecule has 2 aliphatic heterocycles. The molecular weight excluding hydrogens is 378 g/mol. The maximum atomic E-state index is 12.1. The summed E-state index contributed by atoms with van der Waals surface area (Å²) in [4.78, 5) is 14.5. The van der Waals surface area contributed by atoms with E-state index in [-0.39, 0.29) is 24.8 Å². The molecule has 0 radical (unpaired) electrons. The summed E-state index contributed by atoms with van der Waals surface area (Å²) >= 11 is 0. The van der Waals surface area contributed by atoms with Gasteiger partial charge in [0.05, 0.1) is 18.8 Å². The van der Waals surface area contributed by atoms with Gasteiger partial charge in [0.1, 0.15) is 6.10 Å². The second-order valence-corrected chi connectivity index (χ2v) is 8.04. The summed E-state index contributed by atoms with van der Waals surface area (Å²) in [5, 5.41) is 0. The molecule has 0 bridgehead atoms. The van der Waals surface area contributed by atoms with E-state index in [2.05, 4.69) is 41.4 Å². The van der Waals surface area contributed by atoms with Crippen molar-refractivity contribution in [2.24, 2.45) is 5.92 Å². The highest BCUT2D eigenvalue weighted by Crippen LogP contribution is 2.36. The fraction of sp³-hybridized carbons (Fsp3) is 0.480. The van der Waals surface area contributed by atoms with Crippen LogP contribution in [0.3, 0.4) is 0 Å². The molecule has 0 N–H and O–H groups in total. The lowest BCUT2D eigenvalue weighted by Crippen LogP contribution is -2.39. The first kappa shape index (κ1) is 20.9. The first-order valence-corrected chi connectivity index (χ1v) is 11.0. The number of carbonyl (C=O) groups is 1. The minimum Gasteiger partial charge on any atom is -0.474 e. The predicted molar refractivity (Wildman–Crippen MR) is 116 cm³/mol. The average molecular weight is 410 g/mol.